The highest BCUT2D eigenvalue weighted by Gasteiger charge is 2.27. The summed E-state index contributed by atoms with van der Waals surface area (Å²) in [6, 6.07) is -1.09. The molecule has 20 heavy (non-hydrogen) atoms. The van der Waals surface area contributed by atoms with Gasteiger partial charge in [-0.1, -0.05) is 0 Å². The lowest BCUT2D eigenvalue weighted by Gasteiger charge is -2.33. The Morgan fingerprint density at radius 2 is 2.30 bits per heavy atom. The summed E-state index contributed by atoms with van der Waals surface area (Å²) in [6.07, 6.45) is 4.34. The van der Waals surface area contributed by atoms with E-state index in [1.165, 1.54) is 0 Å². The molecule has 0 aliphatic carbocycles. The van der Waals surface area contributed by atoms with Gasteiger partial charge in [0.15, 0.2) is 0 Å². The van der Waals surface area contributed by atoms with Crippen molar-refractivity contribution in [3.63, 3.8) is 0 Å². The van der Waals surface area contributed by atoms with Crippen molar-refractivity contribution < 1.29 is 19.4 Å². The second-order valence-corrected chi connectivity index (χ2v) is 6.02. The van der Waals surface area contributed by atoms with Crippen LogP contribution in [-0.2, 0) is 9.53 Å². The van der Waals surface area contributed by atoms with Crippen LogP contribution in [0.3, 0.4) is 0 Å². The minimum Gasteiger partial charge on any atom is -0.480 e. The number of nitrogens with one attached hydrogen (secondary N) is 1. The number of aliphatic carboxylic acids is 1. The first kappa shape index (κ1) is 17.1. The van der Waals surface area contributed by atoms with Crippen LogP contribution in [0.25, 0.3) is 0 Å². The highest BCUT2D eigenvalue weighted by molar-refractivity contribution is 7.98. The summed E-state index contributed by atoms with van der Waals surface area (Å²) in [6.45, 7) is 1.95. The van der Waals surface area contributed by atoms with Gasteiger partial charge in [0.2, 0.25) is 0 Å². The predicted octanol–water partition coefficient (Wildman–Crippen LogP) is 1.26. The number of methoxy groups -OCH3 is 1. The van der Waals surface area contributed by atoms with Gasteiger partial charge in [0.25, 0.3) is 0 Å². The van der Waals surface area contributed by atoms with E-state index in [1.807, 2.05) is 6.26 Å². The Kier molecular flexibility index (Phi) is 7.76. The molecule has 116 valence electrons. The average molecular weight is 304 g/mol. The average Bonchev–Trinajstić information content (AvgIpc) is 2.43. The van der Waals surface area contributed by atoms with Crippen LogP contribution in [0, 0.1) is 5.92 Å². The number of carbonyl (C=O) groups excluding carboxylic acids is 1. The van der Waals surface area contributed by atoms with Crippen LogP contribution in [0.2, 0.25) is 0 Å². The van der Waals surface area contributed by atoms with E-state index in [-0.39, 0.29) is 6.03 Å². The molecule has 2 atom stereocenters. The third-order valence-electron chi connectivity index (χ3n) is 3.42. The molecule has 1 heterocycles. The number of rotatable bonds is 7. The second-order valence-electron chi connectivity index (χ2n) is 5.03. The van der Waals surface area contributed by atoms with Crippen LogP contribution in [0.5, 0.6) is 0 Å². The number of thioether (sulfide) groups is 1. The molecule has 0 radical (unpaired) electrons. The number of piperidine rings is 1. The molecule has 2 N–H and O–H groups in total. The van der Waals surface area contributed by atoms with Gasteiger partial charge < -0.3 is 20.1 Å². The van der Waals surface area contributed by atoms with E-state index >= 15 is 0 Å². The molecule has 2 amide bonds. The highest BCUT2D eigenvalue weighted by atomic mass is 32.2. The molecule has 0 aromatic rings. The van der Waals surface area contributed by atoms with Gasteiger partial charge in [0, 0.05) is 26.1 Å². The van der Waals surface area contributed by atoms with Crippen LogP contribution in [0.4, 0.5) is 4.79 Å². The van der Waals surface area contributed by atoms with Gasteiger partial charge in [-0.2, -0.15) is 11.8 Å². The number of nitrogens with zero attached hydrogens (tertiary/aromatic N) is 1. The molecule has 7 heteroatoms. The standard InChI is InChI=1S/C13H24N2O4S/c1-19-9-10-4-3-6-15(8-10)13(18)14-11(12(16)17)5-7-20-2/h10-11H,3-9H2,1-2H3,(H,14,18)(H,16,17)/t10?,11-/m0/s1. The molecule has 6 nitrogen and oxygen atoms in total. The molecule has 1 saturated heterocycles. The van der Waals surface area contributed by atoms with Gasteiger partial charge in [0.1, 0.15) is 6.04 Å². The molecule has 1 unspecified atom stereocenters. The van der Waals surface area contributed by atoms with Gasteiger partial charge in [-0.05, 0) is 31.3 Å². The fourth-order valence-corrected chi connectivity index (χ4v) is 2.83. The molecule has 1 fully saturated rings. The van der Waals surface area contributed by atoms with Gasteiger partial charge in [-0.15, -0.1) is 0 Å². The Balaban J connectivity index is 2.48. The number of likely N-dealkylation sites (tertiary alicyclic amines) is 1. The zero-order chi connectivity index (χ0) is 15.0. The number of ether oxygens (including phenoxy) is 1. The van der Waals surface area contributed by atoms with E-state index in [0.717, 1.165) is 12.8 Å². The van der Waals surface area contributed by atoms with Crippen molar-refractivity contribution in [3.8, 4) is 0 Å². The Labute approximate surface area is 124 Å². The fraction of sp³-hybridized carbons (Fsp3) is 0.846. The molecule has 0 aromatic heterocycles. The molecule has 0 spiro atoms. The molecular weight excluding hydrogens is 280 g/mol. The van der Waals surface area contributed by atoms with Crippen molar-refractivity contribution in [1.82, 2.24) is 10.2 Å². The molecule has 1 aliphatic heterocycles. The molecule has 0 bridgehead atoms. The Morgan fingerprint density at radius 1 is 1.55 bits per heavy atom. The number of amides is 2. The first-order valence-electron chi connectivity index (χ1n) is 6.84. The second kappa shape index (κ2) is 9.07. The summed E-state index contributed by atoms with van der Waals surface area (Å²) in [4.78, 5) is 25.0. The van der Waals surface area contributed by atoms with E-state index in [9.17, 15) is 9.59 Å². The number of carbonyl (C=O) groups is 2. The van der Waals surface area contributed by atoms with Gasteiger partial charge in [0.05, 0.1) is 6.61 Å². The van der Waals surface area contributed by atoms with Crippen LogP contribution < -0.4 is 5.32 Å². The Morgan fingerprint density at radius 3 is 2.90 bits per heavy atom. The first-order valence-corrected chi connectivity index (χ1v) is 8.24. The summed E-state index contributed by atoms with van der Waals surface area (Å²) >= 11 is 1.57. The van der Waals surface area contributed by atoms with Crippen molar-refractivity contribution in [2.24, 2.45) is 5.92 Å². The minimum atomic E-state index is -0.974. The zero-order valence-electron chi connectivity index (χ0n) is 12.1. The van der Waals surface area contributed by atoms with Gasteiger partial charge >= 0.3 is 12.0 Å². The quantitative estimate of drug-likeness (QED) is 0.740. The maximum atomic E-state index is 12.1. The molecule has 1 aliphatic rings. The highest BCUT2D eigenvalue weighted by Crippen LogP contribution is 2.16. The first-order chi connectivity index (χ1) is 9.58. The van der Waals surface area contributed by atoms with Gasteiger partial charge in [-0.3, -0.25) is 0 Å². The van der Waals surface area contributed by atoms with Gasteiger partial charge in [-0.25, -0.2) is 9.59 Å². The topological polar surface area (TPSA) is 78.9 Å². The summed E-state index contributed by atoms with van der Waals surface area (Å²) in [5.74, 6) is 0.0793. The lowest BCUT2D eigenvalue weighted by Crippen LogP contribution is -2.51. The molecular formula is C13H24N2O4S. The molecule has 0 aromatic carbocycles. The monoisotopic (exact) mass is 304 g/mol. The Hall–Kier alpha value is -0.950. The number of hydrogen-bond donors (Lipinski definition) is 2. The van der Waals surface area contributed by atoms with Crippen molar-refractivity contribution in [1.29, 1.82) is 0 Å². The lowest BCUT2D eigenvalue weighted by atomic mass is 9.99. The summed E-state index contributed by atoms with van der Waals surface area (Å²) < 4.78 is 5.13. The summed E-state index contributed by atoms with van der Waals surface area (Å²) in [5.41, 5.74) is 0. The maximum absolute atomic E-state index is 12.1. The predicted molar refractivity (Wildman–Crippen MR) is 79.1 cm³/mol. The van der Waals surface area contributed by atoms with Crippen LogP contribution >= 0.6 is 11.8 Å². The van der Waals surface area contributed by atoms with E-state index < -0.39 is 12.0 Å². The molecule has 0 saturated carbocycles. The largest absolute Gasteiger partial charge is 0.480 e. The van der Waals surface area contributed by atoms with Crippen LogP contribution in [-0.4, -0.2) is 66.9 Å². The van der Waals surface area contributed by atoms with Crippen molar-refractivity contribution in [2.75, 3.05) is 38.8 Å². The maximum Gasteiger partial charge on any atom is 0.326 e. The van der Waals surface area contributed by atoms with Crippen molar-refractivity contribution in [3.05, 3.63) is 0 Å². The number of hydrogen-bond acceptors (Lipinski definition) is 4. The normalized spacial score (nSPS) is 20.5. The van der Waals surface area contributed by atoms with Crippen molar-refractivity contribution >= 4 is 23.8 Å². The summed E-state index contributed by atoms with van der Waals surface area (Å²) in [5, 5.41) is 11.7. The third-order valence-corrected chi connectivity index (χ3v) is 4.06. The van der Waals surface area contributed by atoms with Crippen molar-refractivity contribution in [2.45, 2.75) is 25.3 Å². The summed E-state index contributed by atoms with van der Waals surface area (Å²) in [7, 11) is 1.65. The number of urea groups is 1. The van der Waals surface area contributed by atoms with Crippen LogP contribution in [0.1, 0.15) is 19.3 Å². The SMILES string of the molecule is COCC1CCCN(C(=O)N[C@@H](CCSC)C(=O)O)C1. The lowest BCUT2D eigenvalue weighted by molar-refractivity contribution is -0.139. The fourth-order valence-electron chi connectivity index (χ4n) is 2.35. The van der Waals surface area contributed by atoms with Crippen LogP contribution in [0.15, 0.2) is 0 Å². The molecule has 1 rings (SSSR count). The number of carboxylic acid groups (broad SMARTS) is 1. The number of carboxylic acids is 1. The van der Waals surface area contributed by atoms with E-state index in [4.69, 9.17) is 9.84 Å². The minimum absolute atomic E-state index is 0.278. The smallest absolute Gasteiger partial charge is 0.326 e. The third kappa shape index (κ3) is 5.58. The Bertz CT molecular complexity index is 325. The zero-order valence-corrected chi connectivity index (χ0v) is 12.9. The van der Waals surface area contributed by atoms with E-state index in [2.05, 4.69) is 5.32 Å². The van der Waals surface area contributed by atoms with E-state index in [0.29, 0.717) is 37.8 Å². The van der Waals surface area contributed by atoms with E-state index in [1.54, 1.807) is 23.8 Å².